The SMILES string of the molecule is N#Cc1ccc2c(c1)nc1ccc3ccccc3n12. The van der Waals surface area contributed by atoms with Gasteiger partial charge in [0.25, 0.3) is 0 Å². The Morgan fingerprint density at radius 1 is 0.947 bits per heavy atom. The molecule has 0 fully saturated rings. The standard InChI is InChI=1S/C16H9N3/c17-10-11-5-7-15-13(9-11)18-16-8-6-12-3-1-2-4-14(12)19(15)16/h1-9H. The van der Waals surface area contributed by atoms with E-state index in [2.05, 4.69) is 33.7 Å². The van der Waals surface area contributed by atoms with Crippen LogP contribution in [0.2, 0.25) is 0 Å². The highest BCUT2D eigenvalue weighted by atomic mass is 15.0. The second-order valence-electron chi connectivity index (χ2n) is 4.51. The lowest BCUT2D eigenvalue weighted by Crippen LogP contribution is -1.87. The number of hydrogen-bond acceptors (Lipinski definition) is 2. The lowest BCUT2D eigenvalue weighted by atomic mass is 10.2. The lowest BCUT2D eigenvalue weighted by molar-refractivity contribution is 1.30. The van der Waals surface area contributed by atoms with E-state index in [9.17, 15) is 0 Å². The van der Waals surface area contributed by atoms with Gasteiger partial charge < -0.3 is 0 Å². The van der Waals surface area contributed by atoms with E-state index in [-0.39, 0.29) is 0 Å². The van der Waals surface area contributed by atoms with Crippen LogP contribution in [0.25, 0.3) is 27.6 Å². The van der Waals surface area contributed by atoms with E-state index in [1.807, 2.05) is 36.4 Å². The molecule has 2 aromatic carbocycles. The summed E-state index contributed by atoms with van der Waals surface area (Å²) in [6.07, 6.45) is 0. The zero-order valence-electron chi connectivity index (χ0n) is 10.0. The molecule has 0 aliphatic heterocycles. The van der Waals surface area contributed by atoms with Gasteiger partial charge in [-0.2, -0.15) is 5.26 Å². The summed E-state index contributed by atoms with van der Waals surface area (Å²) in [6, 6.07) is 20.1. The Hall–Kier alpha value is -2.86. The van der Waals surface area contributed by atoms with Crippen LogP contribution in [0.1, 0.15) is 5.56 Å². The van der Waals surface area contributed by atoms with Gasteiger partial charge in [-0.25, -0.2) is 4.98 Å². The third kappa shape index (κ3) is 1.34. The van der Waals surface area contributed by atoms with Crippen LogP contribution < -0.4 is 0 Å². The molecule has 0 saturated carbocycles. The zero-order valence-corrected chi connectivity index (χ0v) is 10.0. The average molecular weight is 243 g/mol. The first-order chi connectivity index (χ1) is 9.36. The van der Waals surface area contributed by atoms with Gasteiger partial charge in [-0.3, -0.25) is 4.40 Å². The highest BCUT2D eigenvalue weighted by Crippen LogP contribution is 2.23. The molecule has 0 unspecified atom stereocenters. The molecule has 2 aromatic heterocycles. The van der Waals surface area contributed by atoms with Crippen molar-refractivity contribution in [1.29, 1.82) is 5.26 Å². The van der Waals surface area contributed by atoms with Gasteiger partial charge in [0, 0.05) is 0 Å². The lowest BCUT2D eigenvalue weighted by Gasteiger charge is -2.02. The number of rotatable bonds is 0. The maximum atomic E-state index is 8.96. The minimum atomic E-state index is 0.639. The minimum absolute atomic E-state index is 0.639. The molecule has 0 bridgehead atoms. The van der Waals surface area contributed by atoms with Crippen molar-refractivity contribution in [3.63, 3.8) is 0 Å². The molecule has 0 atom stereocenters. The van der Waals surface area contributed by atoms with Crippen LogP contribution in [0.5, 0.6) is 0 Å². The summed E-state index contributed by atoms with van der Waals surface area (Å²) in [5.41, 5.74) is 4.57. The van der Waals surface area contributed by atoms with Crippen LogP contribution in [0.3, 0.4) is 0 Å². The third-order valence-corrected chi connectivity index (χ3v) is 3.40. The van der Waals surface area contributed by atoms with Gasteiger partial charge in [0.2, 0.25) is 0 Å². The van der Waals surface area contributed by atoms with Crippen molar-refractivity contribution < 1.29 is 0 Å². The normalized spacial score (nSPS) is 11.1. The van der Waals surface area contributed by atoms with E-state index in [1.165, 1.54) is 5.39 Å². The zero-order chi connectivity index (χ0) is 12.8. The van der Waals surface area contributed by atoms with Gasteiger partial charge in [-0.1, -0.05) is 18.2 Å². The van der Waals surface area contributed by atoms with E-state index in [0.717, 1.165) is 22.2 Å². The fourth-order valence-corrected chi connectivity index (χ4v) is 2.53. The molecule has 0 spiro atoms. The molecule has 19 heavy (non-hydrogen) atoms. The van der Waals surface area contributed by atoms with Gasteiger partial charge in [-0.15, -0.1) is 0 Å². The Kier molecular flexibility index (Phi) is 1.89. The van der Waals surface area contributed by atoms with Gasteiger partial charge in [-0.05, 0) is 41.8 Å². The first-order valence-electron chi connectivity index (χ1n) is 6.07. The van der Waals surface area contributed by atoms with E-state index in [4.69, 9.17) is 5.26 Å². The highest BCUT2D eigenvalue weighted by molar-refractivity contribution is 5.90. The summed E-state index contributed by atoms with van der Waals surface area (Å²) in [5, 5.41) is 10.1. The average Bonchev–Trinajstić information content (AvgIpc) is 2.84. The van der Waals surface area contributed by atoms with Gasteiger partial charge in [0.1, 0.15) is 5.65 Å². The molecule has 0 saturated heterocycles. The molecule has 88 valence electrons. The fraction of sp³-hybridized carbons (Fsp3) is 0. The number of fused-ring (bicyclic) bond motifs is 5. The van der Waals surface area contributed by atoms with Crippen molar-refractivity contribution in [2.24, 2.45) is 0 Å². The Bertz CT molecular complexity index is 974. The van der Waals surface area contributed by atoms with E-state index < -0.39 is 0 Å². The second-order valence-corrected chi connectivity index (χ2v) is 4.51. The summed E-state index contributed by atoms with van der Waals surface area (Å²) >= 11 is 0. The first-order valence-corrected chi connectivity index (χ1v) is 6.07. The first kappa shape index (κ1) is 10.1. The fourth-order valence-electron chi connectivity index (χ4n) is 2.53. The number of benzene rings is 2. The van der Waals surface area contributed by atoms with Gasteiger partial charge in [0.05, 0.1) is 28.2 Å². The molecule has 4 aromatic rings. The molecular weight excluding hydrogens is 234 g/mol. The predicted octanol–water partition coefficient (Wildman–Crippen LogP) is 3.51. The number of pyridine rings is 1. The van der Waals surface area contributed by atoms with Crippen LogP contribution in [-0.2, 0) is 0 Å². The number of imidazole rings is 1. The maximum absolute atomic E-state index is 8.96. The van der Waals surface area contributed by atoms with Crippen molar-refractivity contribution in [2.75, 3.05) is 0 Å². The molecular formula is C16H9N3. The summed E-state index contributed by atoms with van der Waals surface area (Å²) in [4.78, 5) is 4.59. The number of nitrogens with zero attached hydrogens (tertiary/aromatic N) is 3. The maximum Gasteiger partial charge on any atom is 0.138 e. The molecule has 2 heterocycles. The van der Waals surface area contributed by atoms with E-state index in [1.54, 1.807) is 0 Å². The summed E-state index contributed by atoms with van der Waals surface area (Å²) in [6.45, 7) is 0. The molecule has 0 aliphatic rings. The van der Waals surface area contributed by atoms with Crippen LogP contribution >= 0.6 is 0 Å². The van der Waals surface area contributed by atoms with E-state index in [0.29, 0.717) is 5.56 Å². The smallest absolute Gasteiger partial charge is 0.138 e. The minimum Gasteiger partial charge on any atom is -0.292 e. The van der Waals surface area contributed by atoms with Crippen LogP contribution in [-0.4, -0.2) is 9.38 Å². The van der Waals surface area contributed by atoms with Crippen molar-refractivity contribution in [1.82, 2.24) is 9.38 Å². The Morgan fingerprint density at radius 3 is 2.74 bits per heavy atom. The van der Waals surface area contributed by atoms with E-state index >= 15 is 0 Å². The Morgan fingerprint density at radius 2 is 1.84 bits per heavy atom. The van der Waals surface area contributed by atoms with Crippen molar-refractivity contribution in [3.05, 3.63) is 60.2 Å². The molecule has 0 aliphatic carbocycles. The molecule has 0 radical (unpaired) electrons. The molecule has 3 nitrogen and oxygen atoms in total. The van der Waals surface area contributed by atoms with Gasteiger partial charge >= 0.3 is 0 Å². The number of nitriles is 1. The Labute approximate surface area is 109 Å². The predicted molar refractivity (Wildman–Crippen MR) is 74.9 cm³/mol. The van der Waals surface area contributed by atoms with Crippen LogP contribution in [0.4, 0.5) is 0 Å². The number of aromatic nitrogens is 2. The molecule has 0 N–H and O–H groups in total. The summed E-state index contributed by atoms with van der Waals surface area (Å²) in [7, 11) is 0. The summed E-state index contributed by atoms with van der Waals surface area (Å²) < 4.78 is 2.13. The largest absolute Gasteiger partial charge is 0.292 e. The van der Waals surface area contributed by atoms with Crippen molar-refractivity contribution in [2.45, 2.75) is 0 Å². The number of para-hydroxylation sites is 1. The molecule has 0 amide bonds. The second kappa shape index (κ2) is 3.56. The van der Waals surface area contributed by atoms with Gasteiger partial charge in [0.15, 0.2) is 0 Å². The quantitative estimate of drug-likeness (QED) is 0.474. The number of hydrogen-bond donors (Lipinski definition) is 0. The van der Waals surface area contributed by atoms with Crippen LogP contribution in [0.15, 0.2) is 54.6 Å². The topological polar surface area (TPSA) is 41.1 Å². The summed E-state index contributed by atoms with van der Waals surface area (Å²) in [5.74, 6) is 0. The monoisotopic (exact) mass is 243 g/mol. The third-order valence-electron chi connectivity index (χ3n) is 3.40. The molecule has 4 rings (SSSR count). The Balaban J connectivity index is 2.27. The van der Waals surface area contributed by atoms with Crippen molar-refractivity contribution in [3.8, 4) is 6.07 Å². The van der Waals surface area contributed by atoms with Crippen LogP contribution in [0, 0.1) is 11.3 Å². The molecule has 3 heteroatoms. The highest BCUT2D eigenvalue weighted by Gasteiger charge is 2.07. The van der Waals surface area contributed by atoms with Crippen molar-refractivity contribution >= 4 is 27.6 Å².